The number of hydrogen-bond donors (Lipinski definition) is 0. The molecule has 0 N–H and O–H groups in total. The summed E-state index contributed by atoms with van der Waals surface area (Å²) in [4.78, 5) is 12.4. The van der Waals surface area contributed by atoms with Crippen LogP contribution in [0.2, 0.25) is 0 Å². The Hall–Kier alpha value is -2.47. The van der Waals surface area contributed by atoms with Gasteiger partial charge in [-0.3, -0.25) is 4.79 Å². The summed E-state index contributed by atoms with van der Waals surface area (Å²) in [5.74, 6) is -1.05. The second kappa shape index (κ2) is 7.61. The summed E-state index contributed by atoms with van der Waals surface area (Å²) in [7, 11) is 0. The maximum absolute atomic E-state index is 13.6. The molecule has 0 amide bonds. The Bertz CT molecular complexity index is 942. The molecule has 0 spiro atoms. The minimum atomic E-state index is -0.691. The molecule has 3 rings (SSSR count). The first kappa shape index (κ1) is 17.4. The van der Waals surface area contributed by atoms with Crippen LogP contribution in [-0.2, 0) is 13.2 Å². The standard InChI is InChI=1S/C19H13BrF2NO2/c20-18-17(25-12-14-6-7-15(21)10-16(14)22)8-9-23(19(18)24)11-13-4-2-1-3-5-13/h1-4,6-10H,11-12H2. The highest BCUT2D eigenvalue weighted by Gasteiger charge is 2.11. The van der Waals surface area contributed by atoms with E-state index in [9.17, 15) is 13.6 Å². The van der Waals surface area contributed by atoms with Crippen LogP contribution in [0, 0.1) is 17.7 Å². The van der Waals surface area contributed by atoms with Gasteiger partial charge in [0.15, 0.2) is 0 Å². The molecule has 1 heterocycles. The fourth-order valence-corrected chi connectivity index (χ4v) is 2.75. The summed E-state index contributed by atoms with van der Waals surface area (Å²) in [5, 5.41) is 0. The van der Waals surface area contributed by atoms with Crippen LogP contribution in [0.15, 0.2) is 64.0 Å². The molecule has 0 atom stereocenters. The molecule has 127 valence electrons. The monoisotopic (exact) mass is 404 g/mol. The van der Waals surface area contributed by atoms with Gasteiger partial charge in [-0.15, -0.1) is 0 Å². The number of pyridine rings is 1. The number of ether oxygens (including phenoxy) is 1. The number of hydrogen-bond acceptors (Lipinski definition) is 2. The average molecular weight is 405 g/mol. The summed E-state index contributed by atoms with van der Waals surface area (Å²) in [5.41, 5.74) is 0.809. The molecular weight excluding hydrogens is 392 g/mol. The van der Waals surface area contributed by atoms with Crippen molar-refractivity contribution in [3.05, 3.63) is 98.4 Å². The van der Waals surface area contributed by atoms with Crippen LogP contribution in [0.4, 0.5) is 8.78 Å². The van der Waals surface area contributed by atoms with E-state index in [0.717, 1.165) is 17.7 Å². The minimum absolute atomic E-state index is 0.110. The Kier molecular flexibility index (Phi) is 5.28. The van der Waals surface area contributed by atoms with Gasteiger partial charge in [-0.2, -0.15) is 0 Å². The van der Waals surface area contributed by atoms with Crippen molar-refractivity contribution in [3.63, 3.8) is 0 Å². The molecule has 1 aromatic heterocycles. The van der Waals surface area contributed by atoms with E-state index in [-0.39, 0.29) is 22.2 Å². The topological polar surface area (TPSA) is 31.2 Å². The van der Waals surface area contributed by atoms with Crippen LogP contribution in [0.1, 0.15) is 11.1 Å². The zero-order valence-electron chi connectivity index (χ0n) is 13.0. The van der Waals surface area contributed by atoms with E-state index in [0.29, 0.717) is 12.3 Å². The van der Waals surface area contributed by atoms with E-state index in [2.05, 4.69) is 22.0 Å². The highest BCUT2D eigenvalue weighted by atomic mass is 79.9. The average Bonchev–Trinajstić information content (AvgIpc) is 2.61. The largest absolute Gasteiger partial charge is 0.487 e. The highest BCUT2D eigenvalue weighted by Crippen LogP contribution is 2.22. The number of rotatable bonds is 5. The Morgan fingerprint density at radius 1 is 1.16 bits per heavy atom. The molecule has 25 heavy (non-hydrogen) atoms. The first-order valence-corrected chi connectivity index (χ1v) is 8.25. The first-order valence-electron chi connectivity index (χ1n) is 7.46. The lowest BCUT2D eigenvalue weighted by Gasteiger charge is -2.11. The molecule has 0 saturated carbocycles. The number of aromatic nitrogens is 1. The maximum atomic E-state index is 13.6. The molecule has 2 aromatic carbocycles. The Morgan fingerprint density at radius 2 is 2.00 bits per heavy atom. The molecule has 0 aliphatic carbocycles. The molecule has 6 heteroatoms. The maximum Gasteiger partial charge on any atom is 0.268 e. The molecule has 0 fully saturated rings. The van der Waals surface area contributed by atoms with Gasteiger partial charge in [-0.05, 0) is 45.8 Å². The van der Waals surface area contributed by atoms with Crippen molar-refractivity contribution in [3.8, 4) is 5.75 Å². The predicted octanol–water partition coefficient (Wildman–Crippen LogP) is 4.32. The molecular formula is C19H13BrF2NO2. The van der Waals surface area contributed by atoms with Gasteiger partial charge in [0.1, 0.15) is 28.5 Å². The van der Waals surface area contributed by atoms with Crippen molar-refractivity contribution in [2.24, 2.45) is 0 Å². The van der Waals surface area contributed by atoms with Gasteiger partial charge in [-0.25, -0.2) is 8.78 Å². The van der Waals surface area contributed by atoms with E-state index in [1.54, 1.807) is 18.3 Å². The van der Waals surface area contributed by atoms with Crippen molar-refractivity contribution in [1.82, 2.24) is 4.57 Å². The van der Waals surface area contributed by atoms with Crippen molar-refractivity contribution < 1.29 is 13.5 Å². The van der Waals surface area contributed by atoms with Crippen molar-refractivity contribution in [2.45, 2.75) is 13.2 Å². The van der Waals surface area contributed by atoms with Gasteiger partial charge in [0.05, 0.1) is 6.54 Å². The normalized spacial score (nSPS) is 10.7. The van der Waals surface area contributed by atoms with Crippen molar-refractivity contribution in [2.75, 3.05) is 0 Å². The van der Waals surface area contributed by atoms with Gasteiger partial charge in [0, 0.05) is 17.8 Å². The van der Waals surface area contributed by atoms with Gasteiger partial charge in [-0.1, -0.05) is 24.3 Å². The van der Waals surface area contributed by atoms with Crippen molar-refractivity contribution >= 4 is 15.9 Å². The molecule has 1 radical (unpaired) electrons. The third-order valence-electron chi connectivity index (χ3n) is 3.58. The zero-order valence-corrected chi connectivity index (χ0v) is 14.6. The molecule has 3 nitrogen and oxygen atoms in total. The van der Waals surface area contributed by atoms with E-state index in [4.69, 9.17) is 4.74 Å². The van der Waals surface area contributed by atoms with E-state index < -0.39 is 11.6 Å². The lowest BCUT2D eigenvalue weighted by Crippen LogP contribution is -2.21. The van der Waals surface area contributed by atoms with Crippen LogP contribution in [0.25, 0.3) is 0 Å². The van der Waals surface area contributed by atoms with Gasteiger partial charge < -0.3 is 9.30 Å². The van der Waals surface area contributed by atoms with E-state index >= 15 is 0 Å². The second-order valence-electron chi connectivity index (χ2n) is 5.34. The quantitative estimate of drug-likeness (QED) is 0.634. The Labute approximate surface area is 151 Å². The van der Waals surface area contributed by atoms with E-state index in [1.165, 1.54) is 10.6 Å². The Morgan fingerprint density at radius 3 is 2.72 bits per heavy atom. The van der Waals surface area contributed by atoms with E-state index in [1.807, 2.05) is 18.2 Å². The number of benzene rings is 2. The van der Waals surface area contributed by atoms with Crippen LogP contribution < -0.4 is 10.3 Å². The van der Waals surface area contributed by atoms with Crippen LogP contribution >= 0.6 is 15.9 Å². The molecule has 0 aliphatic rings. The lowest BCUT2D eigenvalue weighted by molar-refractivity contribution is 0.296. The predicted molar refractivity (Wildman–Crippen MR) is 93.5 cm³/mol. The second-order valence-corrected chi connectivity index (χ2v) is 6.13. The first-order chi connectivity index (χ1) is 12.0. The fourth-order valence-electron chi connectivity index (χ4n) is 2.27. The summed E-state index contributed by atoms with van der Waals surface area (Å²) in [6.07, 6.45) is 1.60. The summed E-state index contributed by atoms with van der Waals surface area (Å²) >= 11 is 3.23. The van der Waals surface area contributed by atoms with Gasteiger partial charge >= 0.3 is 0 Å². The minimum Gasteiger partial charge on any atom is -0.487 e. The Balaban J connectivity index is 1.77. The summed E-state index contributed by atoms with van der Waals surface area (Å²) < 4.78 is 33.8. The van der Waals surface area contributed by atoms with Gasteiger partial charge in [0.25, 0.3) is 5.56 Å². The zero-order chi connectivity index (χ0) is 17.8. The highest BCUT2D eigenvalue weighted by molar-refractivity contribution is 9.10. The third kappa shape index (κ3) is 4.14. The molecule has 0 saturated heterocycles. The fraction of sp³-hybridized carbons (Fsp3) is 0.105. The lowest BCUT2D eigenvalue weighted by atomic mass is 10.2. The number of halogens is 3. The molecule has 0 bridgehead atoms. The molecule has 0 unspecified atom stereocenters. The van der Waals surface area contributed by atoms with Crippen LogP contribution in [0.3, 0.4) is 0 Å². The molecule has 3 aromatic rings. The summed E-state index contributed by atoms with van der Waals surface area (Å²) in [6, 6.07) is 15.3. The number of nitrogens with zero attached hydrogens (tertiary/aromatic N) is 1. The van der Waals surface area contributed by atoms with Crippen molar-refractivity contribution in [1.29, 1.82) is 0 Å². The van der Waals surface area contributed by atoms with Gasteiger partial charge in [0.2, 0.25) is 0 Å². The smallest absolute Gasteiger partial charge is 0.268 e. The molecule has 0 aliphatic heterocycles. The van der Waals surface area contributed by atoms with Crippen LogP contribution in [-0.4, -0.2) is 4.57 Å². The summed E-state index contributed by atoms with van der Waals surface area (Å²) in [6.45, 7) is 0.270. The SMILES string of the molecule is O=c1c(Br)c(OCc2ccc(F)cc2F)ccn1Cc1[c]cccc1. The third-order valence-corrected chi connectivity index (χ3v) is 4.31. The van der Waals surface area contributed by atoms with Crippen LogP contribution in [0.5, 0.6) is 5.75 Å².